The van der Waals surface area contributed by atoms with E-state index in [1.54, 1.807) is 24.3 Å². The summed E-state index contributed by atoms with van der Waals surface area (Å²) in [5.41, 5.74) is 0.126. The van der Waals surface area contributed by atoms with Crippen molar-refractivity contribution in [1.82, 2.24) is 0 Å². The molecule has 114 valence electrons. The number of ether oxygens (including phenoxy) is 1. The molecule has 22 heavy (non-hydrogen) atoms. The first-order valence-corrected chi connectivity index (χ1v) is 6.84. The van der Waals surface area contributed by atoms with Gasteiger partial charge in [-0.2, -0.15) is 0 Å². The number of nitrogens with zero attached hydrogens (tertiary/aromatic N) is 1. The highest BCUT2D eigenvalue weighted by atomic mass is 35.5. The summed E-state index contributed by atoms with van der Waals surface area (Å²) < 4.78 is 5.17. The molecule has 0 radical (unpaired) electrons. The molecular weight excluding hydrogens is 331 g/mol. The monoisotopic (exact) mass is 340 g/mol. The molecule has 6 nitrogen and oxygen atoms in total. The van der Waals surface area contributed by atoms with Crippen molar-refractivity contribution in [2.24, 2.45) is 0 Å². The van der Waals surface area contributed by atoms with E-state index in [-0.39, 0.29) is 16.5 Å². The summed E-state index contributed by atoms with van der Waals surface area (Å²) in [4.78, 5) is 22.1. The number of benzene rings is 2. The Bertz CT molecular complexity index is 722. The third kappa shape index (κ3) is 3.87. The quantitative estimate of drug-likeness (QED) is 0.660. The van der Waals surface area contributed by atoms with Crippen molar-refractivity contribution in [3.05, 3.63) is 62.6 Å². The van der Waals surface area contributed by atoms with Crippen molar-refractivity contribution < 1.29 is 14.5 Å². The molecule has 0 aromatic heterocycles. The van der Waals surface area contributed by atoms with Crippen LogP contribution in [0.2, 0.25) is 10.0 Å². The Morgan fingerprint density at radius 2 is 1.91 bits per heavy atom. The van der Waals surface area contributed by atoms with Crippen LogP contribution in [-0.2, 0) is 4.79 Å². The van der Waals surface area contributed by atoms with Gasteiger partial charge in [-0.05, 0) is 18.2 Å². The van der Waals surface area contributed by atoms with Gasteiger partial charge in [0.05, 0.1) is 20.7 Å². The van der Waals surface area contributed by atoms with Crippen LogP contribution in [0, 0.1) is 10.1 Å². The summed E-state index contributed by atoms with van der Waals surface area (Å²) in [7, 11) is 0. The molecule has 0 aliphatic heterocycles. The Kier molecular flexibility index (Phi) is 5.19. The molecular formula is C14H10Cl2N2O4. The van der Waals surface area contributed by atoms with Crippen molar-refractivity contribution in [1.29, 1.82) is 0 Å². The number of nitro groups is 1. The summed E-state index contributed by atoms with van der Waals surface area (Å²) in [6, 6.07) is 10.6. The van der Waals surface area contributed by atoms with Gasteiger partial charge < -0.3 is 10.1 Å². The van der Waals surface area contributed by atoms with Crippen LogP contribution in [-0.4, -0.2) is 17.4 Å². The number of carbonyl (C=O) groups excluding carboxylic acids is 1. The Labute approximate surface area is 135 Å². The first-order valence-electron chi connectivity index (χ1n) is 6.09. The van der Waals surface area contributed by atoms with Gasteiger partial charge in [-0.15, -0.1) is 0 Å². The number of amides is 1. The van der Waals surface area contributed by atoms with Gasteiger partial charge in [-0.3, -0.25) is 14.9 Å². The van der Waals surface area contributed by atoms with Gasteiger partial charge in [0.1, 0.15) is 0 Å². The zero-order valence-electron chi connectivity index (χ0n) is 11.1. The van der Waals surface area contributed by atoms with Crippen LogP contribution in [0.4, 0.5) is 11.4 Å². The Morgan fingerprint density at radius 3 is 2.64 bits per heavy atom. The van der Waals surface area contributed by atoms with E-state index >= 15 is 0 Å². The molecule has 1 amide bonds. The standard InChI is InChI=1S/C14H10Cl2N2O4/c15-9-4-3-5-10(14(9)16)17-13(19)8-22-12-7-2-1-6-11(12)18(20)21/h1-7H,8H2,(H,17,19). The van der Waals surface area contributed by atoms with E-state index in [2.05, 4.69) is 5.32 Å². The van der Waals surface area contributed by atoms with Gasteiger partial charge >= 0.3 is 5.69 Å². The van der Waals surface area contributed by atoms with E-state index in [1.807, 2.05) is 0 Å². The SMILES string of the molecule is O=C(COc1ccccc1[N+](=O)[O-])Nc1cccc(Cl)c1Cl. The summed E-state index contributed by atoms with van der Waals surface area (Å²) in [6.07, 6.45) is 0. The molecule has 2 aromatic carbocycles. The van der Waals surface area contributed by atoms with E-state index in [9.17, 15) is 14.9 Å². The molecule has 0 saturated carbocycles. The van der Waals surface area contributed by atoms with Crippen molar-refractivity contribution in [2.45, 2.75) is 0 Å². The Morgan fingerprint density at radius 1 is 1.18 bits per heavy atom. The van der Waals surface area contributed by atoms with Crippen molar-refractivity contribution in [3.8, 4) is 5.75 Å². The molecule has 0 atom stereocenters. The molecule has 0 spiro atoms. The van der Waals surface area contributed by atoms with Crippen LogP contribution in [0.5, 0.6) is 5.75 Å². The van der Waals surface area contributed by atoms with E-state index in [0.717, 1.165) is 0 Å². The van der Waals surface area contributed by atoms with Crippen LogP contribution in [0.15, 0.2) is 42.5 Å². The fourth-order valence-electron chi connectivity index (χ4n) is 1.66. The van der Waals surface area contributed by atoms with Gasteiger partial charge in [0, 0.05) is 6.07 Å². The number of rotatable bonds is 5. The lowest BCUT2D eigenvalue weighted by Gasteiger charge is -2.09. The third-order valence-corrected chi connectivity index (χ3v) is 3.47. The second-order valence-electron chi connectivity index (χ2n) is 4.16. The Balaban J connectivity index is 2.02. The summed E-state index contributed by atoms with van der Waals surface area (Å²) >= 11 is 11.8. The molecule has 0 fully saturated rings. The van der Waals surface area contributed by atoms with Crippen LogP contribution in [0.1, 0.15) is 0 Å². The third-order valence-electron chi connectivity index (χ3n) is 2.65. The first kappa shape index (κ1) is 16.1. The van der Waals surface area contributed by atoms with Crippen LogP contribution >= 0.6 is 23.2 Å². The van der Waals surface area contributed by atoms with Crippen LogP contribution in [0.25, 0.3) is 0 Å². The minimum Gasteiger partial charge on any atom is -0.477 e. The average Bonchev–Trinajstić information content (AvgIpc) is 2.50. The Hall–Kier alpha value is -2.31. The average molecular weight is 341 g/mol. The van der Waals surface area contributed by atoms with Gasteiger partial charge in [0.25, 0.3) is 5.91 Å². The molecule has 0 unspecified atom stereocenters. The zero-order chi connectivity index (χ0) is 16.1. The molecule has 0 aliphatic carbocycles. The maximum atomic E-state index is 11.8. The zero-order valence-corrected chi connectivity index (χ0v) is 12.6. The van der Waals surface area contributed by atoms with E-state index < -0.39 is 17.4 Å². The van der Waals surface area contributed by atoms with E-state index in [0.29, 0.717) is 10.7 Å². The highest BCUT2D eigenvalue weighted by Crippen LogP contribution is 2.29. The second-order valence-corrected chi connectivity index (χ2v) is 4.95. The fraction of sp³-hybridized carbons (Fsp3) is 0.0714. The highest BCUT2D eigenvalue weighted by molar-refractivity contribution is 6.43. The van der Waals surface area contributed by atoms with Crippen molar-refractivity contribution in [2.75, 3.05) is 11.9 Å². The smallest absolute Gasteiger partial charge is 0.310 e. The lowest BCUT2D eigenvalue weighted by molar-refractivity contribution is -0.385. The molecule has 8 heteroatoms. The van der Waals surface area contributed by atoms with Gasteiger partial charge in [-0.25, -0.2) is 0 Å². The normalized spacial score (nSPS) is 10.1. The second kappa shape index (κ2) is 7.11. The minimum atomic E-state index is -0.582. The van der Waals surface area contributed by atoms with E-state index in [1.165, 1.54) is 18.2 Å². The molecule has 2 rings (SSSR count). The van der Waals surface area contributed by atoms with Crippen molar-refractivity contribution >= 4 is 40.5 Å². The maximum absolute atomic E-state index is 11.8. The van der Waals surface area contributed by atoms with Gasteiger partial charge in [-0.1, -0.05) is 41.4 Å². The number of carbonyl (C=O) groups is 1. The summed E-state index contributed by atoms with van der Waals surface area (Å²) in [5.74, 6) is -0.498. The molecule has 1 N–H and O–H groups in total. The predicted molar refractivity (Wildman–Crippen MR) is 83.7 cm³/mol. The lowest BCUT2D eigenvalue weighted by Crippen LogP contribution is -2.20. The summed E-state index contributed by atoms with van der Waals surface area (Å²) in [6.45, 7) is -0.395. The highest BCUT2D eigenvalue weighted by Gasteiger charge is 2.15. The van der Waals surface area contributed by atoms with E-state index in [4.69, 9.17) is 27.9 Å². The fourth-order valence-corrected chi connectivity index (χ4v) is 2.01. The van der Waals surface area contributed by atoms with Crippen LogP contribution in [0.3, 0.4) is 0 Å². The molecule has 0 bridgehead atoms. The summed E-state index contributed by atoms with van der Waals surface area (Å²) in [5, 5.41) is 13.9. The molecule has 2 aromatic rings. The number of para-hydroxylation sites is 2. The number of nitrogens with one attached hydrogen (secondary N) is 1. The molecule has 0 heterocycles. The van der Waals surface area contributed by atoms with Gasteiger partial charge in [0.15, 0.2) is 12.4 Å². The van der Waals surface area contributed by atoms with Gasteiger partial charge in [0.2, 0.25) is 0 Å². The maximum Gasteiger partial charge on any atom is 0.310 e. The number of hydrogen-bond donors (Lipinski definition) is 1. The lowest BCUT2D eigenvalue weighted by atomic mass is 10.3. The first-order chi connectivity index (χ1) is 10.5. The minimum absolute atomic E-state index is 0.0137. The topological polar surface area (TPSA) is 81.5 Å². The predicted octanol–water partition coefficient (Wildman–Crippen LogP) is 3.92. The number of hydrogen-bond acceptors (Lipinski definition) is 4. The molecule has 0 aliphatic rings. The van der Waals surface area contributed by atoms with Crippen molar-refractivity contribution in [3.63, 3.8) is 0 Å². The number of nitro benzene ring substituents is 1. The van der Waals surface area contributed by atoms with Crippen LogP contribution < -0.4 is 10.1 Å². The molecule has 0 saturated heterocycles. The number of halogens is 2. The largest absolute Gasteiger partial charge is 0.477 e. The number of anilines is 1.